The quantitative estimate of drug-likeness (QED) is 0.710. The van der Waals surface area contributed by atoms with E-state index in [4.69, 9.17) is 0 Å². The van der Waals surface area contributed by atoms with Crippen molar-refractivity contribution >= 4 is 17.5 Å². The Morgan fingerprint density at radius 3 is 2.83 bits per heavy atom. The number of hydrogen-bond donors (Lipinski definition) is 1. The molecule has 1 aromatic carbocycles. The van der Waals surface area contributed by atoms with Crippen LogP contribution in [0.5, 0.6) is 0 Å². The van der Waals surface area contributed by atoms with Crippen molar-refractivity contribution < 1.29 is 9.59 Å². The van der Waals surface area contributed by atoms with Crippen molar-refractivity contribution in [1.29, 1.82) is 0 Å². The van der Waals surface area contributed by atoms with Gasteiger partial charge in [0.15, 0.2) is 5.82 Å². The number of carbonyl (C=O) groups excluding carboxylic acids is 2. The van der Waals surface area contributed by atoms with Gasteiger partial charge in [0.25, 0.3) is 5.91 Å². The fraction of sp³-hybridized carbons (Fsp3) is 0.261. The Morgan fingerprint density at radius 2 is 2.03 bits per heavy atom. The summed E-state index contributed by atoms with van der Waals surface area (Å²) in [4.78, 5) is 40.1. The van der Waals surface area contributed by atoms with Crippen LogP contribution < -0.4 is 5.32 Å². The smallest absolute Gasteiger partial charge is 0.257 e. The maximum absolute atomic E-state index is 13.0. The second kappa shape index (κ2) is 8.82. The highest BCUT2D eigenvalue weighted by molar-refractivity contribution is 6.00. The fourth-order valence-corrected chi connectivity index (χ4v) is 3.53. The number of aromatic nitrogens is 3. The number of aryl methyl sites for hydroxylation is 2. The molecule has 0 saturated heterocycles. The highest BCUT2D eigenvalue weighted by Crippen LogP contribution is 2.21. The Balaban J connectivity index is 1.49. The Bertz CT molecular complexity index is 1070. The lowest BCUT2D eigenvalue weighted by molar-refractivity contribution is -0.116. The summed E-state index contributed by atoms with van der Waals surface area (Å²) in [6, 6.07) is 11.4. The molecule has 1 aliphatic rings. The number of nitrogens with zero attached hydrogens (tertiary/aromatic N) is 4. The van der Waals surface area contributed by atoms with Gasteiger partial charge in [-0.25, -0.2) is 9.97 Å². The first-order valence-electron chi connectivity index (χ1n) is 10.1. The number of rotatable bonds is 5. The van der Waals surface area contributed by atoms with Crippen molar-refractivity contribution in [3.63, 3.8) is 0 Å². The summed E-state index contributed by atoms with van der Waals surface area (Å²) < 4.78 is 0. The minimum absolute atomic E-state index is 0.000726. The number of pyridine rings is 1. The zero-order valence-electron chi connectivity index (χ0n) is 16.8. The van der Waals surface area contributed by atoms with Crippen LogP contribution in [0.4, 0.5) is 5.69 Å². The highest BCUT2D eigenvalue weighted by atomic mass is 16.2. The third-order valence-electron chi connectivity index (χ3n) is 5.12. The van der Waals surface area contributed by atoms with Gasteiger partial charge in [-0.05, 0) is 49.1 Å². The number of anilines is 1. The molecule has 0 fully saturated rings. The summed E-state index contributed by atoms with van der Waals surface area (Å²) in [6.07, 6.45) is 7.24. The summed E-state index contributed by atoms with van der Waals surface area (Å²) in [5, 5.41) is 2.89. The molecule has 2 amide bonds. The first-order valence-corrected chi connectivity index (χ1v) is 10.1. The molecule has 0 saturated carbocycles. The Kier molecular flexibility index (Phi) is 5.79. The summed E-state index contributed by atoms with van der Waals surface area (Å²) in [5.41, 5.74) is 3.93. The monoisotopic (exact) mass is 401 g/mol. The van der Waals surface area contributed by atoms with E-state index in [1.807, 2.05) is 36.4 Å². The van der Waals surface area contributed by atoms with Crippen molar-refractivity contribution in [1.82, 2.24) is 19.9 Å². The summed E-state index contributed by atoms with van der Waals surface area (Å²) >= 11 is 0. The molecule has 2 aromatic heterocycles. The van der Waals surface area contributed by atoms with E-state index in [9.17, 15) is 9.59 Å². The lowest BCUT2D eigenvalue weighted by atomic mass is 10.1. The van der Waals surface area contributed by atoms with Crippen molar-refractivity contribution in [3.8, 4) is 11.4 Å². The lowest BCUT2D eigenvalue weighted by Gasteiger charge is -2.20. The van der Waals surface area contributed by atoms with Gasteiger partial charge in [-0.3, -0.25) is 14.6 Å². The molecule has 30 heavy (non-hydrogen) atoms. The number of nitrogens with one attached hydrogen (secondary N) is 1. The molecule has 0 aliphatic carbocycles. The third-order valence-corrected chi connectivity index (χ3v) is 5.12. The Hall–Kier alpha value is -3.61. The normalized spacial score (nSPS) is 13.5. The average Bonchev–Trinajstić information content (AvgIpc) is 2.93. The van der Waals surface area contributed by atoms with Gasteiger partial charge in [0.05, 0.1) is 11.3 Å². The largest absolute Gasteiger partial charge is 0.329 e. The highest BCUT2D eigenvalue weighted by Gasteiger charge is 2.26. The number of amides is 2. The van der Waals surface area contributed by atoms with E-state index in [-0.39, 0.29) is 18.4 Å². The van der Waals surface area contributed by atoms with Crippen LogP contribution in [-0.2, 0) is 17.6 Å². The van der Waals surface area contributed by atoms with Gasteiger partial charge in [0.2, 0.25) is 5.91 Å². The van der Waals surface area contributed by atoms with Gasteiger partial charge in [-0.2, -0.15) is 0 Å². The van der Waals surface area contributed by atoms with Crippen LogP contribution in [0.2, 0.25) is 0 Å². The van der Waals surface area contributed by atoms with E-state index in [0.717, 1.165) is 35.3 Å². The van der Waals surface area contributed by atoms with E-state index in [1.54, 1.807) is 23.5 Å². The molecule has 152 valence electrons. The van der Waals surface area contributed by atoms with E-state index in [1.165, 1.54) is 0 Å². The van der Waals surface area contributed by atoms with Gasteiger partial charge in [0.1, 0.15) is 6.54 Å². The van der Waals surface area contributed by atoms with E-state index < -0.39 is 0 Å². The summed E-state index contributed by atoms with van der Waals surface area (Å²) in [7, 11) is 0. The van der Waals surface area contributed by atoms with Crippen molar-refractivity contribution in [3.05, 3.63) is 71.8 Å². The molecule has 0 bridgehead atoms. The second-order valence-electron chi connectivity index (χ2n) is 7.22. The minimum atomic E-state index is -0.214. The summed E-state index contributed by atoms with van der Waals surface area (Å²) in [6.45, 7) is 2.57. The topological polar surface area (TPSA) is 88.1 Å². The van der Waals surface area contributed by atoms with E-state index in [0.29, 0.717) is 24.4 Å². The molecule has 1 N–H and O–H groups in total. The van der Waals surface area contributed by atoms with Crippen LogP contribution >= 0.6 is 0 Å². The number of benzene rings is 1. The van der Waals surface area contributed by atoms with Gasteiger partial charge in [-0.15, -0.1) is 0 Å². The van der Waals surface area contributed by atoms with Gasteiger partial charge < -0.3 is 10.2 Å². The molecule has 0 unspecified atom stereocenters. The first kappa shape index (κ1) is 19.7. The predicted molar refractivity (Wildman–Crippen MR) is 114 cm³/mol. The summed E-state index contributed by atoms with van der Waals surface area (Å²) in [5.74, 6) is 0.154. The SMILES string of the molecule is CCc1cccc(NC(=O)CN2CCCc3nc(-c4ccncc4)ncc3C2=O)c1. The van der Waals surface area contributed by atoms with Crippen LogP contribution in [0.3, 0.4) is 0 Å². The maximum Gasteiger partial charge on any atom is 0.257 e. The lowest BCUT2D eigenvalue weighted by Crippen LogP contribution is -2.38. The van der Waals surface area contributed by atoms with Gasteiger partial charge in [0, 0.05) is 36.4 Å². The first-order chi connectivity index (χ1) is 14.6. The molecule has 0 atom stereocenters. The number of fused-ring (bicyclic) bond motifs is 1. The van der Waals surface area contributed by atoms with Crippen molar-refractivity contribution in [2.75, 3.05) is 18.4 Å². The molecule has 7 nitrogen and oxygen atoms in total. The molecule has 1 aliphatic heterocycles. The molecular formula is C23H23N5O2. The van der Waals surface area contributed by atoms with Crippen LogP contribution in [-0.4, -0.2) is 44.8 Å². The molecule has 3 heterocycles. The van der Waals surface area contributed by atoms with Gasteiger partial charge in [-0.1, -0.05) is 19.1 Å². The third kappa shape index (κ3) is 4.35. The van der Waals surface area contributed by atoms with Crippen LogP contribution in [0.25, 0.3) is 11.4 Å². The molecule has 0 spiro atoms. The van der Waals surface area contributed by atoms with E-state index in [2.05, 4.69) is 27.2 Å². The van der Waals surface area contributed by atoms with Gasteiger partial charge >= 0.3 is 0 Å². The Labute approximate surface area is 175 Å². The second-order valence-corrected chi connectivity index (χ2v) is 7.22. The molecule has 3 aromatic rings. The Morgan fingerprint density at radius 1 is 1.20 bits per heavy atom. The zero-order chi connectivity index (χ0) is 20.9. The standard InChI is InChI=1S/C23H23N5O2/c1-2-16-5-3-6-18(13-16)26-21(29)15-28-12-4-7-20-19(23(28)30)14-25-22(27-20)17-8-10-24-11-9-17/h3,5-6,8-11,13-14H,2,4,7,12,15H2,1H3,(H,26,29). The number of hydrogen-bond acceptors (Lipinski definition) is 5. The molecular weight excluding hydrogens is 378 g/mol. The van der Waals surface area contributed by atoms with E-state index >= 15 is 0 Å². The average molecular weight is 401 g/mol. The molecule has 7 heteroatoms. The molecule has 0 radical (unpaired) electrons. The number of carbonyl (C=O) groups is 2. The van der Waals surface area contributed by atoms with Crippen LogP contribution in [0.15, 0.2) is 55.0 Å². The zero-order valence-corrected chi connectivity index (χ0v) is 16.8. The van der Waals surface area contributed by atoms with Crippen LogP contribution in [0, 0.1) is 0 Å². The van der Waals surface area contributed by atoms with Crippen molar-refractivity contribution in [2.45, 2.75) is 26.2 Å². The predicted octanol–water partition coefficient (Wildman–Crippen LogP) is 3.13. The van der Waals surface area contributed by atoms with Crippen LogP contribution in [0.1, 0.15) is 35.0 Å². The fourth-order valence-electron chi connectivity index (χ4n) is 3.53. The van der Waals surface area contributed by atoms with Crippen molar-refractivity contribution in [2.24, 2.45) is 0 Å². The molecule has 4 rings (SSSR count). The maximum atomic E-state index is 13.0. The minimum Gasteiger partial charge on any atom is -0.329 e.